The zero-order chi connectivity index (χ0) is 20.7. The average Bonchev–Trinajstić information content (AvgIpc) is 2.73. The van der Waals surface area contributed by atoms with E-state index in [-0.39, 0.29) is 11.6 Å². The van der Waals surface area contributed by atoms with Gasteiger partial charge >= 0.3 is 0 Å². The molecule has 4 bridgehead atoms. The lowest BCUT2D eigenvalue weighted by Crippen LogP contribution is -3.29. The van der Waals surface area contributed by atoms with Crippen molar-refractivity contribution in [2.45, 2.75) is 63.6 Å². The van der Waals surface area contributed by atoms with Gasteiger partial charge in [-0.3, -0.25) is 4.79 Å². The molecule has 5 fully saturated rings. The van der Waals surface area contributed by atoms with Gasteiger partial charge in [0.1, 0.15) is 32.7 Å². The summed E-state index contributed by atoms with van der Waals surface area (Å²) in [6, 6.07) is 10.2. The molecule has 0 spiro atoms. The van der Waals surface area contributed by atoms with Crippen molar-refractivity contribution in [3.05, 3.63) is 35.4 Å². The minimum atomic E-state index is 0.0504. The van der Waals surface area contributed by atoms with Crippen LogP contribution >= 0.6 is 0 Å². The van der Waals surface area contributed by atoms with Crippen LogP contribution in [0.25, 0.3) is 0 Å². The van der Waals surface area contributed by atoms with Crippen LogP contribution in [0.5, 0.6) is 0 Å². The Labute approximate surface area is 180 Å². The predicted molar refractivity (Wildman–Crippen MR) is 115 cm³/mol. The largest absolute Gasteiger partial charge is 0.345 e. The van der Waals surface area contributed by atoms with Gasteiger partial charge in [0.05, 0.1) is 11.6 Å². The van der Waals surface area contributed by atoms with Crippen molar-refractivity contribution >= 4 is 5.91 Å². The molecule has 1 heterocycles. The van der Waals surface area contributed by atoms with Crippen LogP contribution in [0, 0.1) is 29.1 Å². The molecule has 30 heavy (non-hydrogen) atoms. The molecule has 4 saturated carbocycles. The monoisotopic (exact) mass is 408 g/mol. The van der Waals surface area contributed by atoms with Gasteiger partial charge in [0.15, 0.2) is 6.04 Å². The summed E-state index contributed by atoms with van der Waals surface area (Å²) in [6.45, 7) is 7.46. The van der Waals surface area contributed by atoms with Gasteiger partial charge in [-0.25, -0.2) is 0 Å². The quantitative estimate of drug-likeness (QED) is 0.657. The Balaban J connectivity index is 1.12. The summed E-state index contributed by atoms with van der Waals surface area (Å²) in [6.07, 6.45) is 7.94. The lowest BCUT2D eigenvalue weighted by atomic mass is 9.53. The normalized spacial score (nSPS) is 38.1. The van der Waals surface area contributed by atoms with Crippen LogP contribution < -0.4 is 15.1 Å². The highest BCUT2D eigenvalue weighted by Gasteiger charge is 2.52. The van der Waals surface area contributed by atoms with Crippen LogP contribution in [0.3, 0.4) is 0 Å². The van der Waals surface area contributed by atoms with E-state index in [4.69, 9.17) is 5.26 Å². The first-order valence-corrected chi connectivity index (χ1v) is 12.0. The van der Waals surface area contributed by atoms with Crippen LogP contribution in [-0.2, 0) is 11.3 Å². The number of benzene rings is 1. The first-order chi connectivity index (χ1) is 14.5. The molecule has 6 rings (SSSR count). The number of carbonyl (C=O) groups is 1. The van der Waals surface area contributed by atoms with E-state index in [0.29, 0.717) is 5.91 Å². The van der Waals surface area contributed by atoms with Crippen molar-refractivity contribution in [2.75, 3.05) is 26.2 Å². The zero-order valence-electron chi connectivity index (χ0n) is 18.3. The number of nitrogens with zero attached hydrogens (tertiary/aromatic N) is 1. The number of hydrogen-bond donors (Lipinski definition) is 3. The topological polar surface area (TPSA) is 61.8 Å². The molecule has 5 aliphatic rings. The van der Waals surface area contributed by atoms with E-state index in [2.05, 4.69) is 30.4 Å². The number of hydrogen-bond acceptors (Lipinski definition) is 2. The number of piperazine rings is 1. The summed E-state index contributed by atoms with van der Waals surface area (Å²) in [4.78, 5) is 16.2. The van der Waals surface area contributed by atoms with Gasteiger partial charge in [0.2, 0.25) is 0 Å². The highest BCUT2D eigenvalue weighted by molar-refractivity contribution is 5.80. The lowest BCUT2D eigenvalue weighted by molar-refractivity contribution is -1.02. The minimum Gasteiger partial charge on any atom is -0.345 e. The number of nitrogens with one attached hydrogen (secondary N) is 3. The summed E-state index contributed by atoms with van der Waals surface area (Å²) in [5.41, 5.74) is 2.14. The van der Waals surface area contributed by atoms with Crippen LogP contribution in [0.2, 0.25) is 0 Å². The summed E-state index contributed by atoms with van der Waals surface area (Å²) in [5.74, 6) is 2.90. The third kappa shape index (κ3) is 4.00. The van der Waals surface area contributed by atoms with Gasteiger partial charge in [-0.1, -0.05) is 12.1 Å². The van der Waals surface area contributed by atoms with Crippen molar-refractivity contribution in [1.29, 1.82) is 5.26 Å². The Kier molecular flexibility index (Phi) is 5.33. The molecule has 1 atom stereocenters. The Hall–Kier alpha value is -1.90. The molecule has 0 unspecified atom stereocenters. The third-order valence-electron chi connectivity index (χ3n) is 8.57. The van der Waals surface area contributed by atoms with E-state index >= 15 is 0 Å². The smallest absolute Gasteiger partial charge is 0.278 e. The fourth-order valence-electron chi connectivity index (χ4n) is 7.34. The fourth-order valence-corrected chi connectivity index (χ4v) is 7.34. The van der Waals surface area contributed by atoms with Gasteiger partial charge in [0.25, 0.3) is 5.91 Å². The molecule has 0 radical (unpaired) electrons. The van der Waals surface area contributed by atoms with Crippen LogP contribution in [0.1, 0.15) is 56.6 Å². The molecule has 0 aromatic heterocycles. The molecule has 1 saturated heterocycles. The van der Waals surface area contributed by atoms with Crippen molar-refractivity contribution in [3.63, 3.8) is 0 Å². The molecule has 1 amide bonds. The van der Waals surface area contributed by atoms with Crippen molar-refractivity contribution in [1.82, 2.24) is 5.32 Å². The summed E-state index contributed by atoms with van der Waals surface area (Å²) in [5, 5.41) is 12.5. The van der Waals surface area contributed by atoms with Crippen LogP contribution in [-0.4, -0.2) is 43.7 Å². The van der Waals surface area contributed by atoms with Crippen molar-refractivity contribution in [3.8, 4) is 6.07 Å². The standard InChI is InChI=1S/C25H34N4O/c1-18(24(30)27-25-13-21-10-22(14-25)12-23(11-21)15-25)29-8-6-28(7-9-29)17-20-4-2-19(16-26)3-5-20/h2-5,18,21-23H,6-15,17H2,1H3,(H,27,30)/p+2/t18-,21?,22?,23?,25?/m0/s1. The number of quaternary nitrogens is 2. The van der Waals surface area contributed by atoms with E-state index in [1.807, 2.05) is 12.1 Å². The maximum atomic E-state index is 13.2. The highest BCUT2D eigenvalue weighted by atomic mass is 16.2. The second kappa shape index (κ2) is 7.98. The second-order valence-corrected chi connectivity index (χ2v) is 10.8. The van der Waals surface area contributed by atoms with Crippen LogP contribution in [0.15, 0.2) is 24.3 Å². The first kappa shape index (κ1) is 20.0. The molecular weight excluding hydrogens is 372 g/mol. The van der Waals surface area contributed by atoms with Gasteiger partial charge in [0, 0.05) is 11.1 Å². The molecular formula is C25H36N4O+2. The average molecular weight is 409 g/mol. The van der Waals surface area contributed by atoms with Gasteiger partial charge in [-0.2, -0.15) is 5.26 Å². The lowest BCUT2D eigenvalue weighted by Gasteiger charge is -2.57. The molecule has 1 aromatic carbocycles. The molecule has 1 aromatic rings. The van der Waals surface area contributed by atoms with Gasteiger partial charge in [-0.05, 0) is 75.3 Å². The van der Waals surface area contributed by atoms with E-state index in [1.165, 1.54) is 49.0 Å². The Morgan fingerprint density at radius 2 is 1.63 bits per heavy atom. The molecule has 160 valence electrons. The molecule has 3 N–H and O–H groups in total. The highest BCUT2D eigenvalue weighted by Crippen LogP contribution is 2.55. The summed E-state index contributed by atoms with van der Waals surface area (Å²) < 4.78 is 0. The van der Waals surface area contributed by atoms with Crippen LogP contribution in [0.4, 0.5) is 0 Å². The Morgan fingerprint density at radius 3 is 2.17 bits per heavy atom. The Bertz CT molecular complexity index is 783. The minimum absolute atomic E-state index is 0.0504. The molecule has 4 aliphatic carbocycles. The van der Waals surface area contributed by atoms with E-state index in [1.54, 1.807) is 4.90 Å². The third-order valence-corrected chi connectivity index (χ3v) is 8.57. The Morgan fingerprint density at radius 1 is 1.07 bits per heavy atom. The predicted octanol–water partition coefficient (Wildman–Crippen LogP) is 0.315. The number of amides is 1. The first-order valence-electron chi connectivity index (χ1n) is 12.0. The maximum Gasteiger partial charge on any atom is 0.278 e. The molecule has 5 nitrogen and oxygen atoms in total. The number of rotatable bonds is 5. The summed E-state index contributed by atoms with van der Waals surface area (Å²) >= 11 is 0. The summed E-state index contributed by atoms with van der Waals surface area (Å²) in [7, 11) is 0. The number of carbonyl (C=O) groups excluding carboxylic acids is 1. The maximum absolute atomic E-state index is 13.2. The zero-order valence-corrected chi connectivity index (χ0v) is 18.3. The van der Waals surface area contributed by atoms with Gasteiger partial charge in [-0.15, -0.1) is 0 Å². The van der Waals surface area contributed by atoms with E-state index in [9.17, 15) is 4.79 Å². The van der Waals surface area contributed by atoms with Crippen molar-refractivity contribution in [2.24, 2.45) is 17.8 Å². The fraction of sp³-hybridized carbons (Fsp3) is 0.680. The van der Waals surface area contributed by atoms with E-state index < -0.39 is 0 Å². The SMILES string of the molecule is C[C@@H](C(=O)NC12CC3CC(CC(C3)C1)C2)[NH+]1CC[NH+](Cc2ccc(C#N)cc2)CC1. The van der Waals surface area contributed by atoms with E-state index in [0.717, 1.165) is 56.0 Å². The molecule has 5 heteroatoms. The second-order valence-electron chi connectivity index (χ2n) is 10.8. The number of nitriles is 1. The van der Waals surface area contributed by atoms with Gasteiger partial charge < -0.3 is 15.1 Å². The molecule has 1 aliphatic heterocycles. The van der Waals surface area contributed by atoms with Crippen molar-refractivity contribution < 1.29 is 14.6 Å².